The number of hydrogen-bond acceptors (Lipinski definition) is 4. The summed E-state index contributed by atoms with van der Waals surface area (Å²) < 4.78 is 5.80. The molecule has 1 aliphatic rings. The number of ether oxygens (including phenoxy) is 1. The number of hydrogen-bond donors (Lipinski definition) is 1. The topological polar surface area (TPSA) is 75.9 Å². The van der Waals surface area contributed by atoms with Crippen molar-refractivity contribution in [2.24, 2.45) is 0 Å². The second-order valence-corrected chi connectivity index (χ2v) is 6.43. The number of nitrogens with zero attached hydrogens (tertiary/aromatic N) is 2. The van der Waals surface area contributed by atoms with Gasteiger partial charge < -0.3 is 15.4 Å². The van der Waals surface area contributed by atoms with Gasteiger partial charge in [0, 0.05) is 19.8 Å². The van der Waals surface area contributed by atoms with Crippen LogP contribution in [0.15, 0.2) is 48.2 Å². The molecule has 0 radical (unpaired) electrons. The van der Waals surface area contributed by atoms with E-state index in [1.54, 1.807) is 38.4 Å². The van der Waals surface area contributed by atoms with E-state index in [2.05, 4.69) is 0 Å². The first kappa shape index (κ1) is 17.5. The number of nitrogen functional groups attached to an aromatic ring is 1. The number of anilines is 2. The fourth-order valence-electron chi connectivity index (χ4n) is 2.67. The molecular weight excluding hydrogens is 330 g/mol. The molecule has 0 saturated carbocycles. The van der Waals surface area contributed by atoms with Gasteiger partial charge in [-0.3, -0.25) is 14.5 Å². The lowest BCUT2D eigenvalue weighted by atomic mass is 10.1. The molecule has 6 heteroatoms. The van der Waals surface area contributed by atoms with Gasteiger partial charge in [0.15, 0.2) is 11.5 Å². The number of carbonyl (C=O) groups excluding carboxylic acids is 2. The van der Waals surface area contributed by atoms with E-state index in [1.807, 2.05) is 31.2 Å². The SMILES string of the molecule is Cc1cccc(/C=C2/Oc3ccc(N)cc3N(CC(=O)N(C)C)C2=O)c1. The van der Waals surface area contributed by atoms with Crippen molar-refractivity contribution in [1.29, 1.82) is 0 Å². The molecule has 3 rings (SSSR count). The highest BCUT2D eigenvalue weighted by molar-refractivity contribution is 6.12. The zero-order chi connectivity index (χ0) is 18.8. The van der Waals surface area contributed by atoms with Crippen molar-refractivity contribution < 1.29 is 14.3 Å². The van der Waals surface area contributed by atoms with E-state index in [1.165, 1.54) is 9.80 Å². The minimum Gasteiger partial charge on any atom is -0.449 e. The quantitative estimate of drug-likeness (QED) is 0.681. The molecule has 2 aromatic carbocycles. The van der Waals surface area contributed by atoms with Crippen LogP contribution in [0.4, 0.5) is 11.4 Å². The number of rotatable bonds is 3. The van der Waals surface area contributed by atoms with Crippen molar-refractivity contribution in [3.63, 3.8) is 0 Å². The zero-order valence-electron chi connectivity index (χ0n) is 15.0. The second kappa shape index (κ2) is 6.92. The normalized spacial score (nSPS) is 14.8. The summed E-state index contributed by atoms with van der Waals surface area (Å²) in [6, 6.07) is 12.8. The van der Waals surface area contributed by atoms with Crippen molar-refractivity contribution in [3.05, 3.63) is 59.4 Å². The molecule has 26 heavy (non-hydrogen) atoms. The molecular formula is C20H21N3O3. The fourth-order valence-corrected chi connectivity index (χ4v) is 2.67. The Morgan fingerprint density at radius 2 is 2.00 bits per heavy atom. The van der Waals surface area contributed by atoms with Gasteiger partial charge in [-0.1, -0.05) is 29.8 Å². The minimum atomic E-state index is -0.375. The van der Waals surface area contributed by atoms with Crippen molar-refractivity contribution >= 4 is 29.3 Å². The molecule has 0 aliphatic carbocycles. The van der Waals surface area contributed by atoms with Gasteiger partial charge in [-0.05, 0) is 36.8 Å². The van der Waals surface area contributed by atoms with Gasteiger partial charge in [-0.15, -0.1) is 0 Å². The fraction of sp³-hybridized carbons (Fsp3) is 0.200. The highest BCUT2D eigenvalue weighted by Gasteiger charge is 2.32. The maximum Gasteiger partial charge on any atom is 0.294 e. The van der Waals surface area contributed by atoms with Gasteiger partial charge in [-0.25, -0.2) is 0 Å². The number of amides is 2. The van der Waals surface area contributed by atoms with E-state index in [9.17, 15) is 9.59 Å². The Labute approximate surface area is 152 Å². The smallest absolute Gasteiger partial charge is 0.294 e. The molecule has 134 valence electrons. The van der Waals surface area contributed by atoms with Crippen LogP contribution >= 0.6 is 0 Å². The van der Waals surface area contributed by atoms with E-state index in [0.29, 0.717) is 17.1 Å². The minimum absolute atomic E-state index is 0.0865. The second-order valence-electron chi connectivity index (χ2n) is 6.43. The van der Waals surface area contributed by atoms with Crippen LogP contribution in [-0.2, 0) is 9.59 Å². The Kier molecular flexibility index (Phi) is 4.67. The molecule has 6 nitrogen and oxygen atoms in total. The van der Waals surface area contributed by atoms with Crippen LogP contribution in [0.5, 0.6) is 5.75 Å². The van der Waals surface area contributed by atoms with Crippen molar-refractivity contribution in [2.75, 3.05) is 31.3 Å². The van der Waals surface area contributed by atoms with Crippen LogP contribution in [0.25, 0.3) is 6.08 Å². The number of fused-ring (bicyclic) bond motifs is 1. The highest BCUT2D eigenvalue weighted by atomic mass is 16.5. The van der Waals surface area contributed by atoms with E-state index >= 15 is 0 Å². The van der Waals surface area contributed by atoms with Gasteiger partial charge in [0.25, 0.3) is 5.91 Å². The first-order valence-electron chi connectivity index (χ1n) is 8.23. The Bertz CT molecular complexity index is 903. The Hall–Kier alpha value is -3.28. The molecule has 0 atom stereocenters. The van der Waals surface area contributed by atoms with Gasteiger partial charge in [0.05, 0.1) is 5.69 Å². The van der Waals surface area contributed by atoms with E-state index in [4.69, 9.17) is 10.5 Å². The summed E-state index contributed by atoms with van der Waals surface area (Å²) in [7, 11) is 3.30. The third kappa shape index (κ3) is 3.54. The largest absolute Gasteiger partial charge is 0.449 e. The van der Waals surface area contributed by atoms with E-state index < -0.39 is 0 Å². The Morgan fingerprint density at radius 3 is 2.69 bits per heavy atom. The summed E-state index contributed by atoms with van der Waals surface area (Å²) in [6.07, 6.45) is 1.68. The Morgan fingerprint density at radius 1 is 1.23 bits per heavy atom. The third-order valence-electron chi connectivity index (χ3n) is 4.08. The van der Waals surface area contributed by atoms with Gasteiger partial charge in [0.2, 0.25) is 5.91 Å². The number of benzene rings is 2. The molecule has 0 fully saturated rings. The maximum atomic E-state index is 13.0. The van der Waals surface area contributed by atoms with Gasteiger partial charge in [0.1, 0.15) is 6.54 Å². The Balaban J connectivity index is 2.04. The number of carbonyl (C=O) groups is 2. The average Bonchev–Trinajstić information content (AvgIpc) is 2.59. The van der Waals surface area contributed by atoms with Crippen LogP contribution in [0.1, 0.15) is 11.1 Å². The number of likely N-dealkylation sites (N-methyl/N-ethyl adjacent to an activating group) is 1. The lowest BCUT2D eigenvalue weighted by Crippen LogP contribution is -2.44. The predicted octanol–water partition coefficient (Wildman–Crippen LogP) is 2.43. The molecule has 2 amide bonds. The number of nitrogens with two attached hydrogens (primary N) is 1. The van der Waals surface area contributed by atoms with Crippen LogP contribution < -0.4 is 15.4 Å². The third-order valence-corrected chi connectivity index (χ3v) is 4.08. The average molecular weight is 351 g/mol. The summed E-state index contributed by atoms with van der Waals surface area (Å²) in [5.41, 5.74) is 8.77. The first-order chi connectivity index (χ1) is 12.3. The predicted molar refractivity (Wildman–Crippen MR) is 102 cm³/mol. The summed E-state index contributed by atoms with van der Waals surface area (Å²) in [6.45, 7) is 1.89. The van der Waals surface area contributed by atoms with E-state index in [-0.39, 0.29) is 24.1 Å². The molecule has 1 heterocycles. The molecule has 1 aliphatic heterocycles. The maximum absolute atomic E-state index is 13.0. The van der Waals surface area contributed by atoms with Gasteiger partial charge >= 0.3 is 0 Å². The van der Waals surface area contributed by atoms with Crippen LogP contribution in [-0.4, -0.2) is 37.4 Å². The number of aryl methyl sites for hydroxylation is 1. The lowest BCUT2D eigenvalue weighted by molar-refractivity contribution is -0.129. The first-order valence-corrected chi connectivity index (χ1v) is 8.23. The van der Waals surface area contributed by atoms with E-state index in [0.717, 1.165) is 11.1 Å². The lowest BCUT2D eigenvalue weighted by Gasteiger charge is -2.31. The highest BCUT2D eigenvalue weighted by Crippen LogP contribution is 2.37. The van der Waals surface area contributed by atoms with Gasteiger partial charge in [-0.2, -0.15) is 0 Å². The molecule has 0 spiro atoms. The molecule has 0 aromatic heterocycles. The summed E-state index contributed by atoms with van der Waals surface area (Å²) >= 11 is 0. The summed E-state index contributed by atoms with van der Waals surface area (Å²) in [5.74, 6) is 0.0898. The monoisotopic (exact) mass is 351 g/mol. The summed E-state index contributed by atoms with van der Waals surface area (Å²) in [5, 5.41) is 0. The molecule has 0 unspecified atom stereocenters. The molecule has 0 bridgehead atoms. The van der Waals surface area contributed by atoms with Crippen LogP contribution in [0.2, 0.25) is 0 Å². The molecule has 0 saturated heterocycles. The van der Waals surface area contributed by atoms with Crippen LogP contribution in [0.3, 0.4) is 0 Å². The standard InChI is InChI=1S/C20H21N3O3/c1-13-5-4-6-14(9-13)10-18-20(25)23(12-19(24)22(2)3)16-11-15(21)7-8-17(16)26-18/h4-11H,12,21H2,1-3H3/b18-10+. The van der Waals surface area contributed by atoms with Crippen molar-refractivity contribution in [3.8, 4) is 5.75 Å². The summed E-state index contributed by atoms with van der Waals surface area (Å²) in [4.78, 5) is 28.0. The van der Waals surface area contributed by atoms with Crippen molar-refractivity contribution in [2.45, 2.75) is 6.92 Å². The van der Waals surface area contributed by atoms with Crippen molar-refractivity contribution in [1.82, 2.24) is 4.90 Å². The molecule has 2 N–H and O–H groups in total. The molecule has 2 aromatic rings. The van der Waals surface area contributed by atoms with Crippen LogP contribution in [0, 0.1) is 6.92 Å². The zero-order valence-corrected chi connectivity index (χ0v) is 15.0.